The van der Waals surface area contributed by atoms with Crippen molar-refractivity contribution in [1.82, 2.24) is 29.7 Å². The van der Waals surface area contributed by atoms with Crippen LogP contribution in [0.25, 0.3) is 5.65 Å². The predicted molar refractivity (Wildman–Crippen MR) is 128 cm³/mol. The van der Waals surface area contributed by atoms with Gasteiger partial charge in [-0.2, -0.15) is 0 Å². The predicted octanol–water partition coefficient (Wildman–Crippen LogP) is 1.69. The fourth-order valence-corrected chi connectivity index (χ4v) is 3.85. The number of carboxylic acids is 1. The van der Waals surface area contributed by atoms with E-state index in [2.05, 4.69) is 20.6 Å². The first-order valence-electron chi connectivity index (χ1n) is 10.6. The number of halogens is 1. The molecule has 0 radical (unpaired) electrons. The van der Waals surface area contributed by atoms with E-state index < -0.39 is 17.9 Å². The number of amides is 1. The molecule has 1 amide bonds. The number of carboxylic acid groups (broad SMARTS) is 1. The number of nitrogen functional groups attached to an aromatic ring is 1. The van der Waals surface area contributed by atoms with Crippen LogP contribution in [-0.2, 0) is 17.8 Å². The summed E-state index contributed by atoms with van der Waals surface area (Å²) in [4.78, 5) is 40.9. The molecule has 0 aliphatic rings. The van der Waals surface area contributed by atoms with E-state index in [1.54, 1.807) is 49.6 Å². The van der Waals surface area contributed by atoms with E-state index in [9.17, 15) is 19.5 Å². The van der Waals surface area contributed by atoms with E-state index in [1.807, 2.05) is 0 Å². The third-order valence-electron chi connectivity index (χ3n) is 5.38. The minimum absolute atomic E-state index is 0.141. The van der Waals surface area contributed by atoms with E-state index in [0.29, 0.717) is 38.9 Å². The molecule has 35 heavy (non-hydrogen) atoms. The molecule has 0 fully saturated rings. The third-order valence-corrected chi connectivity index (χ3v) is 5.79. The molecule has 0 spiro atoms. The number of anilines is 1. The van der Waals surface area contributed by atoms with Crippen LogP contribution in [0.3, 0.4) is 0 Å². The lowest BCUT2D eigenvalue weighted by Crippen LogP contribution is -2.38. The van der Waals surface area contributed by atoms with Gasteiger partial charge in [0, 0.05) is 53.3 Å². The maximum Gasteiger partial charge on any atom is 0.305 e. The average Bonchev–Trinajstić information content (AvgIpc) is 3.21. The first kappa shape index (κ1) is 23.9. The van der Waals surface area contributed by atoms with Crippen molar-refractivity contribution in [2.75, 3.05) is 5.73 Å². The number of nitrogens with one attached hydrogen (secondary N) is 1. The standard InChI is InChI=1S/C23H22ClN7O4/c1-13-18(3-2-4-19(13)24)23(35)27-15(10-22(33)34)8-17-12-30(29-28-17)11-16-9-21(32)31-6-5-14(25)7-20(31)26-16/h2-7,9,12,15H,8,10-11,25H2,1H3,(H,27,35)(H,33,34). The highest BCUT2D eigenvalue weighted by Crippen LogP contribution is 2.19. The van der Waals surface area contributed by atoms with Crippen LogP contribution in [-0.4, -0.2) is 47.4 Å². The number of aliphatic carboxylic acids is 1. The summed E-state index contributed by atoms with van der Waals surface area (Å²) in [5.74, 6) is -1.49. The van der Waals surface area contributed by atoms with E-state index in [-0.39, 0.29) is 24.9 Å². The average molecular weight is 496 g/mol. The summed E-state index contributed by atoms with van der Waals surface area (Å²) in [6.07, 6.45) is 3.01. The molecule has 4 rings (SSSR count). The summed E-state index contributed by atoms with van der Waals surface area (Å²) >= 11 is 6.10. The number of aromatic nitrogens is 5. The molecule has 180 valence electrons. The van der Waals surface area contributed by atoms with Crippen LogP contribution in [0.4, 0.5) is 5.69 Å². The Morgan fingerprint density at radius 1 is 1.23 bits per heavy atom. The molecule has 0 aliphatic heterocycles. The summed E-state index contributed by atoms with van der Waals surface area (Å²) in [5.41, 5.74) is 8.33. The van der Waals surface area contributed by atoms with Gasteiger partial charge in [0.05, 0.1) is 24.4 Å². The molecule has 3 aromatic heterocycles. The van der Waals surface area contributed by atoms with Crippen molar-refractivity contribution in [3.05, 3.63) is 86.7 Å². The SMILES string of the molecule is Cc1c(Cl)cccc1C(=O)NC(CC(=O)O)Cc1cn(Cc2cc(=O)n3ccc(N)cc3n2)nn1. The molecule has 0 saturated heterocycles. The van der Waals surface area contributed by atoms with Gasteiger partial charge in [-0.1, -0.05) is 22.9 Å². The van der Waals surface area contributed by atoms with Crippen LogP contribution >= 0.6 is 11.6 Å². The smallest absolute Gasteiger partial charge is 0.305 e. The molecule has 0 saturated carbocycles. The molecular formula is C23H22ClN7O4. The largest absolute Gasteiger partial charge is 0.481 e. The molecule has 12 heteroatoms. The lowest BCUT2D eigenvalue weighted by Gasteiger charge is -2.17. The lowest BCUT2D eigenvalue weighted by molar-refractivity contribution is -0.137. The Hall–Kier alpha value is -4.25. The summed E-state index contributed by atoms with van der Waals surface area (Å²) in [5, 5.41) is 20.6. The van der Waals surface area contributed by atoms with Crippen LogP contribution in [0.1, 0.15) is 33.7 Å². The van der Waals surface area contributed by atoms with Gasteiger partial charge in [0.2, 0.25) is 0 Å². The monoisotopic (exact) mass is 495 g/mol. The fraction of sp³-hybridized carbons (Fsp3) is 0.217. The Morgan fingerprint density at radius 3 is 2.80 bits per heavy atom. The van der Waals surface area contributed by atoms with Crippen molar-refractivity contribution in [3.8, 4) is 0 Å². The fourth-order valence-electron chi connectivity index (χ4n) is 3.68. The highest BCUT2D eigenvalue weighted by atomic mass is 35.5. The minimum Gasteiger partial charge on any atom is -0.481 e. The number of pyridine rings is 1. The van der Waals surface area contributed by atoms with Crippen LogP contribution in [0.2, 0.25) is 5.02 Å². The number of benzene rings is 1. The normalized spacial score (nSPS) is 11.9. The second-order valence-corrected chi connectivity index (χ2v) is 8.47. The van der Waals surface area contributed by atoms with Gasteiger partial charge in [-0.15, -0.1) is 5.10 Å². The summed E-state index contributed by atoms with van der Waals surface area (Å²) in [6, 6.07) is 8.83. The number of hydrogen-bond donors (Lipinski definition) is 3. The molecule has 0 bridgehead atoms. The van der Waals surface area contributed by atoms with Gasteiger partial charge in [-0.25, -0.2) is 9.67 Å². The zero-order chi connectivity index (χ0) is 25.1. The third kappa shape index (κ3) is 5.64. The summed E-state index contributed by atoms with van der Waals surface area (Å²) in [7, 11) is 0. The van der Waals surface area contributed by atoms with E-state index in [1.165, 1.54) is 15.1 Å². The zero-order valence-electron chi connectivity index (χ0n) is 18.7. The zero-order valence-corrected chi connectivity index (χ0v) is 19.4. The van der Waals surface area contributed by atoms with Gasteiger partial charge in [0.25, 0.3) is 11.5 Å². The molecule has 0 aliphatic carbocycles. The van der Waals surface area contributed by atoms with Crippen molar-refractivity contribution >= 4 is 34.8 Å². The van der Waals surface area contributed by atoms with Crippen molar-refractivity contribution in [2.45, 2.75) is 32.4 Å². The van der Waals surface area contributed by atoms with E-state index >= 15 is 0 Å². The van der Waals surface area contributed by atoms with Crippen LogP contribution in [0.5, 0.6) is 0 Å². The summed E-state index contributed by atoms with van der Waals surface area (Å²) in [6.45, 7) is 1.89. The molecule has 4 aromatic rings. The second kappa shape index (κ2) is 9.94. The Bertz CT molecular complexity index is 1480. The van der Waals surface area contributed by atoms with Gasteiger partial charge < -0.3 is 16.2 Å². The molecule has 11 nitrogen and oxygen atoms in total. The Balaban J connectivity index is 1.49. The van der Waals surface area contributed by atoms with Crippen molar-refractivity contribution < 1.29 is 14.7 Å². The highest BCUT2D eigenvalue weighted by molar-refractivity contribution is 6.31. The van der Waals surface area contributed by atoms with E-state index in [0.717, 1.165) is 0 Å². The first-order chi connectivity index (χ1) is 16.7. The molecule has 1 unspecified atom stereocenters. The van der Waals surface area contributed by atoms with Gasteiger partial charge in [-0.3, -0.25) is 18.8 Å². The number of nitrogens with two attached hydrogens (primary N) is 1. The Kier molecular flexibility index (Phi) is 6.78. The molecule has 3 heterocycles. The quantitative estimate of drug-likeness (QED) is 0.333. The first-order valence-corrected chi connectivity index (χ1v) is 11.0. The summed E-state index contributed by atoms with van der Waals surface area (Å²) < 4.78 is 2.87. The van der Waals surface area contributed by atoms with Crippen LogP contribution in [0.15, 0.2) is 53.6 Å². The lowest BCUT2D eigenvalue weighted by atomic mass is 10.1. The molecule has 1 aromatic carbocycles. The van der Waals surface area contributed by atoms with Crippen molar-refractivity contribution in [3.63, 3.8) is 0 Å². The highest BCUT2D eigenvalue weighted by Gasteiger charge is 2.21. The maximum atomic E-state index is 12.8. The molecular weight excluding hydrogens is 474 g/mol. The topological polar surface area (TPSA) is 158 Å². The maximum absolute atomic E-state index is 12.8. The number of fused-ring (bicyclic) bond motifs is 1. The van der Waals surface area contributed by atoms with Crippen molar-refractivity contribution in [2.24, 2.45) is 0 Å². The minimum atomic E-state index is -1.06. The van der Waals surface area contributed by atoms with Gasteiger partial charge in [0.1, 0.15) is 5.65 Å². The van der Waals surface area contributed by atoms with E-state index in [4.69, 9.17) is 17.3 Å². The number of nitrogens with zero attached hydrogens (tertiary/aromatic N) is 5. The number of rotatable bonds is 8. The van der Waals surface area contributed by atoms with Gasteiger partial charge >= 0.3 is 5.97 Å². The second-order valence-electron chi connectivity index (χ2n) is 8.07. The number of carbonyl (C=O) groups excluding carboxylic acids is 1. The Labute approximate surface area is 204 Å². The van der Waals surface area contributed by atoms with Gasteiger partial charge in [-0.05, 0) is 30.7 Å². The number of hydrogen-bond acceptors (Lipinski definition) is 7. The molecule has 1 atom stereocenters. The van der Waals surface area contributed by atoms with Crippen LogP contribution in [0, 0.1) is 6.92 Å². The number of carbonyl (C=O) groups is 2. The molecule has 4 N–H and O–H groups in total. The Morgan fingerprint density at radius 2 is 2.03 bits per heavy atom. The van der Waals surface area contributed by atoms with Gasteiger partial charge in [0.15, 0.2) is 0 Å². The van der Waals surface area contributed by atoms with Crippen LogP contribution < -0.4 is 16.6 Å². The van der Waals surface area contributed by atoms with Crippen molar-refractivity contribution in [1.29, 1.82) is 0 Å².